The van der Waals surface area contributed by atoms with Crippen molar-refractivity contribution in [2.24, 2.45) is 0 Å². The van der Waals surface area contributed by atoms with Crippen LogP contribution in [0.15, 0.2) is 72.3 Å². The molecule has 5 nitrogen and oxygen atoms in total. The van der Waals surface area contributed by atoms with E-state index in [0.717, 1.165) is 27.6 Å². The van der Waals surface area contributed by atoms with Crippen molar-refractivity contribution in [2.45, 2.75) is 6.42 Å². The van der Waals surface area contributed by atoms with Crippen molar-refractivity contribution < 1.29 is 14.3 Å². The van der Waals surface area contributed by atoms with Crippen molar-refractivity contribution in [2.75, 3.05) is 6.61 Å². The molecule has 3 aromatic rings. The summed E-state index contributed by atoms with van der Waals surface area (Å²) in [5.74, 6) is 0.0854. The lowest BCUT2D eigenvalue weighted by molar-refractivity contribution is -0.126. The smallest absolute Gasteiger partial charge is 0.269 e. The molecule has 0 saturated carbocycles. The van der Waals surface area contributed by atoms with E-state index in [1.165, 1.54) is 0 Å². The van der Waals surface area contributed by atoms with Gasteiger partial charge in [0.25, 0.3) is 5.91 Å². The highest BCUT2D eigenvalue weighted by Gasteiger charge is 2.17. The van der Waals surface area contributed by atoms with Gasteiger partial charge in [-0.2, -0.15) is 0 Å². The fourth-order valence-corrected chi connectivity index (χ4v) is 3.12. The Morgan fingerprint density at radius 1 is 0.889 bits per heavy atom. The number of hydrogen-bond donors (Lipinski definition) is 2. The summed E-state index contributed by atoms with van der Waals surface area (Å²) in [7, 11) is 0. The number of benzene rings is 3. The van der Waals surface area contributed by atoms with E-state index in [1.54, 1.807) is 6.08 Å². The summed E-state index contributed by atoms with van der Waals surface area (Å²) in [4.78, 5) is 24.6. The van der Waals surface area contributed by atoms with Crippen LogP contribution in [0.5, 0.6) is 5.75 Å². The molecule has 0 aromatic heterocycles. The molecule has 0 spiro atoms. The van der Waals surface area contributed by atoms with Crippen molar-refractivity contribution in [1.29, 1.82) is 0 Å². The highest BCUT2D eigenvalue weighted by atomic mass is 16.5. The van der Waals surface area contributed by atoms with Gasteiger partial charge in [-0.05, 0) is 28.5 Å². The maximum Gasteiger partial charge on any atom is 0.269 e. The lowest BCUT2D eigenvalue weighted by Crippen LogP contribution is -2.43. The zero-order valence-corrected chi connectivity index (χ0v) is 14.6. The summed E-state index contributed by atoms with van der Waals surface area (Å²) < 4.78 is 5.57. The average Bonchev–Trinajstić information content (AvgIpc) is 2.72. The van der Waals surface area contributed by atoms with Crippen LogP contribution in [-0.4, -0.2) is 18.4 Å². The van der Waals surface area contributed by atoms with E-state index in [4.69, 9.17) is 4.74 Å². The number of amides is 2. The Hall–Kier alpha value is -3.60. The lowest BCUT2D eigenvalue weighted by atomic mass is 10.0. The van der Waals surface area contributed by atoms with Gasteiger partial charge in [-0.1, -0.05) is 60.7 Å². The molecular weight excluding hydrogens is 340 g/mol. The van der Waals surface area contributed by atoms with E-state index in [9.17, 15) is 9.59 Å². The summed E-state index contributed by atoms with van der Waals surface area (Å²) in [6, 6.07) is 21.2. The number of hydrazine groups is 1. The van der Waals surface area contributed by atoms with Crippen LogP contribution < -0.4 is 15.6 Å². The third kappa shape index (κ3) is 3.67. The second-order valence-corrected chi connectivity index (χ2v) is 6.31. The highest BCUT2D eigenvalue weighted by molar-refractivity contribution is 6.00. The fourth-order valence-electron chi connectivity index (χ4n) is 3.12. The summed E-state index contributed by atoms with van der Waals surface area (Å²) in [6.07, 6.45) is 1.95. The Morgan fingerprint density at radius 3 is 2.59 bits per heavy atom. The Labute approximate surface area is 156 Å². The number of rotatable bonds is 3. The van der Waals surface area contributed by atoms with Gasteiger partial charge in [-0.25, -0.2) is 0 Å². The molecule has 3 aromatic carbocycles. The largest absolute Gasteiger partial charge is 0.488 e. The van der Waals surface area contributed by atoms with Crippen LogP contribution in [0.4, 0.5) is 0 Å². The molecule has 27 heavy (non-hydrogen) atoms. The number of carbonyl (C=O) groups excluding carboxylic acids is 2. The average molecular weight is 358 g/mol. The second kappa shape index (κ2) is 7.33. The van der Waals surface area contributed by atoms with Gasteiger partial charge in [-0.3, -0.25) is 20.4 Å². The molecule has 1 aliphatic rings. The van der Waals surface area contributed by atoms with Crippen molar-refractivity contribution >= 4 is 28.7 Å². The first kappa shape index (κ1) is 16.8. The number of carbonyl (C=O) groups is 2. The van der Waals surface area contributed by atoms with E-state index >= 15 is 0 Å². The van der Waals surface area contributed by atoms with E-state index < -0.39 is 0 Å². The molecule has 0 bridgehead atoms. The van der Waals surface area contributed by atoms with Crippen molar-refractivity contribution in [1.82, 2.24) is 10.9 Å². The van der Waals surface area contributed by atoms with Crippen LogP contribution >= 0.6 is 0 Å². The summed E-state index contributed by atoms with van der Waals surface area (Å²) in [6.45, 7) is 0.169. The molecule has 0 unspecified atom stereocenters. The number of fused-ring (bicyclic) bond motifs is 2. The maximum atomic E-state index is 12.3. The van der Waals surface area contributed by atoms with Crippen LogP contribution in [0.25, 0.3) is 16.8 Å². The van der Waals surface area contributed by atoms with Gasteiger partial charge < -0.3 is 4.74 Å². The zero-order chi connectivity index (χ0) is 18.6. The Balaban J connectivity index is 1.39. The number of hydrogen-bond acceptors (Lipinski definition) is 3. The first-order valence-electron chi connectivity index (χ1n) is 8.69. The van der Waals surface area contributed by atoms with Crippen molar-refractivity contribution in [3.8, 4) is 5.75 Å². The summed E-state index contributed by atoms with van der Waals surface area (Å²) >= 11 is 0. The van der Waals surface area contributed by atoms with Gasteiger partial charge in [0, 0.05) is 5.56 Å². The Morgan fingerprint density at radius 2 is 1.67 bits per heavy atom. The van der Waals surface area contributed by atoms with Crippen molar-refractivity contribution in [3.05, 3.63) is 83.4 Å². The molecule has 1 heterocycles. The number of para-hydroxylation sites is 1. The topological polar surface area (TPSA) is 67.4 Å². The fraction of sp³-hybridized carbons (Fsp3) is 0.0909. The van der Waals surface area contributed by atoms with E-state index in [0.29, 0.717) is 5.57 Å². The minimum atomic E-state index is -0.379. The molecule has 0 fully saturated rings. The Kier molecular flexibility index (Phi) is 4.58. The van der Waals surface area contributed by atoms with Gasteiger partial charge in [-0.15, -0.1) is 0 Å². The molecule has 1 aliphatic heterocycles. The van der Waals surface area contributed by atoms with Gasteiger partial charge >= 0.3 is 0 Å². The quantitative estimate of drug-likeness (QED) is 0.708. The van der Waals surface area contributed by atoms with Gasteiger partial charge in [0.05, 0.1) is 12.0 Å². The Bertz CT molecular complexity index is 1050. The monoisotopic (exact) mass is 358 g/mol. The van der Waals surface area contributed by atoms with Crippen LogP contribution in [0.2, 0.25) is 0 Å². The number of ether oxygens (including phenoxy) is 1. The highest BCUT2D eigenvalue weighted by Crippen LogP contribution is 2.25. The molecular formula is C22H18N2O3. The molecule has 2 N–H and O–H groups in total. The SMILES string of the molecule is O=C(Cc1cccc2ccccc12)NNC(=O)C1=Cc2ccccc2OC1. The predicted molar refractivity (Wildman–Crippen MR) is 104 cm³/mol. The standard InChI is InChI=1S/C22H18N2O3/c25-21(13-16-9-5-8-15-6-1-3-10-19(15)16)23-24-22(26)18-12-17-7-2-4-11-20(17)27-14-18/h1-12H,13-14H2,(H,23,25)(H,24,26). The van der Waals surface area contributed by atoms with Crippen LogP contribution in [0.3, 0.4) is 0 Å². The van der Waals surface area contributed by atoms with E-state index in [2.05, 4.69) is 10.9 Å². The first-order chi connectivity index (χ1) is 13.2. The van der Waals surface area contributed by atoms with Gasteiger partial charge in [0.2, 0.25) is 5.91 Å². The first-order valence-corrected chi connectivity index (χ1v) is 8.69. The van der Waals surface area contributed by atoms with Gasteiger partial charge in [0.15, 0.2) is 0 Å². The molecule has 0 aliphatic carbocycles. The summed E-state index contributed by atoms with van der Waals surface area (Å²) in [5, 5.41) is 2.11. The van der Waals surface area contributed by atoms with E-state index in [1.807, 2.05) is 66.7 Å². The zero-order valence-electron chi connectivity index (χ0n) is 14.6. The van der Waals surface area contributed by atoms with Crippen LogP contribution in [0, 0.1) is 0 Å². The third-order valence-electron chi connectivity index (χ3n) is 4.47. The minimum Gasteiger partial charge on any atom is -0.488 e. The number of nitrogens with one attached hydrogen (secondary N) is 2. The lowest BCUT2D eigenvalue weighted by Gasteiger charge is -2.17. The maximum absolute atomic E-state index is 12.3. The summed E-state index contributed by atoms with van der Waals surface area (Å²) in [5.41, 5.74) is 7.16. The minimum absolute atomic E-state index is 0.169. The van der Waals surface area contributed by atoms with Crippen molar-refractivity contribution in [3.63, 3.8) is 0 Å². The molecule has 0 radical (unpaired) electrons. The third-order valence-corrected chi connectivity index (χ3v) is 4.47. The molecule has 0 atom stereocenters. The predicted octanol–water partition coefficient (Wildman–Crippen LogP) is 3.01. The van der Waals surface area contributed by atoms with E-state index in [-0.39, 0.29) is 24.8 Å². The molecule has 0 saturated heterocycles. The normalized spacial score (nSPS) is 12.5. The molecule has 134 valence electrons. The molecule has 4 rings (SSSR count). The van der Waals surface area contributed by atoms with Crippen LogP contribution in [0.1, 0.15) is 11.1 Å². The van der Waals surface area contributed by atoms with Crippen LogP contribution in [-0.2, 0) is 16.0 Å². The van der Waals surface area contributed by atoms with Gasteiger partial charge in [0.1, 0.15) is 12.4 Å². The molecule has 5 heteroatoms. The molecule has 2 amide bonds. The second-order valence-electron chi connectivity index (χ2n) is 6.31.